The summed E-state index contributed by atoms with van der Waals surface area (Å²) in [5.74, 6) is -1.34. The van der Waals surface area contributed by atoms with Gasteiger partial charge in [-0.1, -0.05) is 12.1 Å². The highest BCUT2D eigenvalue weighted by Crippen LogP contribution is 2.22. The molecule has 2 aromatic rings. The van der Waals surface area contributed by atoms with Crippen molar-refractivity contribution in [2.45, 2.75) is 19.8 Å². The smallest absolute Gasteiger partial charge is 0.321 e. The summed E-state index contributed by atoms with van der Waals surface area (Å²) in [5.41, 5.74) is 2.30. The van der Waals surface area contributed by atoms with Crippen molar-refractivity contribution in [2.75, 3.05) is 18.4 Å². The Morgan fingerprint density at radius 2 is 2.08 bits per heavy atom. The second-order valence-electron chi connectivity index (χ2n) is 5.97. The van der Waals surface area contributed by atoms with Crippen LogP contribution in [-0.2, 0) is 4.79 Å². The molecule has 2 N–H and O–H groups in total. The number of aromatic nitrogens is 2. The molecule has 1 fully saturated rings. The molecule has 0 radical (unpaired) electrons. The highest BCUT2D eigenvalue weighted by Gasteiger charge is 2.28. The number of benzene rings is 1. The molecule has 0 saturated carbocycles. The Morgan fingerprint density at radius 1 is 1.29 bits per heavy atom. The van der Waals surface area contributed by atoms with Crippen LogP contribution in [0.15, 0.2) is 36.5 Å². The normalized spacial score (nSPS) is 17.5. The highest BCUT2D eigenvalue weighted by molar-refractivity contribution is 5.92. The maximum atomic E-state index is 12.5. The summed E-state index contributed by atoms with van der Waals surface area (Å²) in [7, 11) is 0. The molecule has 1 unspecified atom stereocenters. The monoisotopic (exact) mass is 328 g/mol. The summed E-state index contributed by atoms with van der Waals surface area (Å²) in [6.45, 7) is 2.71. The molecule has 1 aromatic heterocycles. The Labute approximate surface area is 139 Å². The van der Waals surface area contributed by atoms with E-state index in [4.69, 9.17) is 5.11 Å². The van der Waals surface area contributed by atoms with E-state index in [2.05, 4.69) is 10.4 Å². The van der Waals surface area contributed by atoms with Crippen molar-refractivity contribution >= 4 is 17.7 Å². The number of carboxylic acids is 1. The number of para-hydroxylation sites is 2. The highest BCUT2D eigenvalue weighted by atomic mass is 16.4. The van der Waals surface area contributed by atoms with Crippen molar-refractivity contribution in [3.63, 3.8) is 0 Å². The van der Waals surface area contributed by atoms with Gasteiger partial charge in [0.15, 0.2) is 0 Å². The predicted octanol–water partition coefficient (Wildman–Crippen LogP) is 2.51. The first kappa shape index (κ1) is 16.0. The fourth-order valence-electron chi connectivity index (χ4n) is 2.89. The Morgan fingerprint density at radius 3 is 2.79 bits per heavy atom. The number of aliphatic carboxylic acids is 1. The van der Waals surface area contributed by atoms with Crippen LogP contribution < -0.4 is 5.32 Å². The number of carbonyl (C=O) groups is 2. The van der Waals surface area contributed by atoms with Crippen LogP contribution in [0.4, 0.5) is 10.5 Å². The molecule has 1 aromatic carbocycles. The lowest BCUT2D eigenvalue weighted by Gasteiger charge is -2.30. The third-order valence-electron chi connectivity index (χ3n) is 4.17. The van der Waals surface area contributed by atoms with Crippen LogP contribution in [0, 0.1) is 12.8 Å². The minimum Gasteiger partial charge on any atom is -0.481 e. The number of urea groups is 1. The van der Waals surface area contributed by atoms with Gasteiger partial charge in [0.2, 0.25) is 0 Å². The first-order chi connectivity index (χ1) is 11.5. The molecule has 7 nitrogen and oxygen atoms in total. The maximum absolute atomic E-state index is 12.5. The number of hydrogen-bond acceptors (Lipinski definition) is 3. The fourth-order valence-corrected chi connectivity index (χ4v) is 2.89. The second-order valence-corrected chi connectivity index (χ2v) is 5.97. The quantitative estimate of drug-likeness (QED) is 0.906. The van der Waals surface area contributed by atoms with Crippen LogP contribution in [-0.4, -0.2) is 44.9 Å². The molecular formula is C17H20N4O3. The lowest BCUT2D eigenvalue weighted by atomic mass is 9.99. The van der Waals surface area contributed by atoms with Gasteiger partial charge in [-0.25, -0.2) is 9.48 Å². The van der Waals surface area contributed by atoms with E-state index >= 15 is 0 Å². The topological polar surface area (TPSA) is 87.5 Å². The zero-order chi connectivity index (χ0) is 17.1. The van der Waals surface area contributed by atoms with Gasteiger partial charge in [0.1, 0.15) is 0 Å². The maximum Gasteiger partial charge on any atom is 0.321 e. The van der Waals surface area contributed by atoms with Gasteiger partial charge in [0, 0.05) is 19.3 Å². The molecule has 2 amide bonds. The SMILES string of the molecule is Cc1ccn(-c2ccccc2NC(=O)N2CCCC(C(=O)O)C2)n1. The van der Waals surface area contributed by atoms with Crippen LogP contribution in [0.2, 0.25) is 0 Å². The first-order valence-corrected chi connectivity index (χ1v) is 7.95. The van der Waals surface area contributed by atoms with Crippen molar-refractivity contribution in [2.24, 2.45) is 5.92 Å². The van der Waals surface area contributed by atoms with Gasteiger partial charge >= 0.3 is 12.0 Å². The molecule has 7 heteroatoms. The van der Waals surface area contributed by atoms with Gasteiger partial charge in [0.25, 0.3) is 0 Å². The largest absolute Gasteiger partial charge is 0.481 e. The van der Waals surface area contributed by atoms with Crippen LogP contribution in [0.5, 0.6) is 0 Å². The third-order valence-corrected chi connectivity index (χ3v) is 4.17. The van der Waals surface area contributed by atoms with E-state index in [1.54, 1.807) is 9.58 Å². The van der Waals surface area contributed by atoms with E-state index in [1.165, 1.54) is 0 Å². The van der Waals surface area contributed by atoms with E-state index in [9.17, 15) is 9.59 Å². The van der Waals surface area contributed by atoms with E-state index in [-0.39, 0.29) is 12.6 Å². The molecule has 1 aliphatic heterocycles. The molecule has 1 saturated heterocycles. The van der Waals surface area contributed by atoms with Gasteiger partial charge in [0.05, 0.1) is 23.0 Å². The molecule has 2 heterocycles. The number of rotatable bonds is 3. The molecule has 1 aliphatic rings. The lowest BCUT2D eigenvalue weighted by Crippen LogP contribution is -2.44. The number of nitrogens with one attached hydrogen (secondary N) is 1. The minimum atomic E-state index is -0.847. The average molecular weight is 328 g/mol. The van der Waals surface area contributed by atoms with Crippen molar-refractivity contribution < 1.29 is 14.7 Å². The zero-order valence-electron chi connectivity index (χ0n) is 13.5. The number of hydrogen-bond donors (Lipinski definition) is 2. The third kappa shape index (κ3) is 3.40. The Bertz CT molecular complexity index is 756. The Hall–Kier alpha value is -2.83. The van der Waals surface area contributed by atoms with E-state index in [1.807, 2.05) is 43.5 Å². The van der Waals surface area contributed by atoms with Crippen molar-refractivity contribution in [1.29, 1.82) is 0 Å². The number of anilines is 1. The summed E-state index contributed by atoms with van der Waals surface area (Å²) in [4.78, 5) is 25.2. The molecule has 3 rings (SSSR count). The van der Waals surface area contributed by atoms with E-state index < -0.39 is 11.9 Å². The fraction of sp³-hybridized carbons (Fsp3) is 0.353. The number of piperidine rings is 1. The lowest BCUT2D eigenvalue weighted by molar-refractivity contribution is -0.143. The molecule has 1 atom stereocenters. The molecular weight excluding hydrogens is 308 g/mol. The zero-order valence-corrected chi connectivity index (χ0v) is 13.5. The summed E-state index contributed by atoms with van der Waals surface area (Å²) >= 11 is 0. The van der Waals surface area contributed by atoms with Gasteiger partial charge < -0.3 is 15.3 Å². The van der Waals surface area contributed by atoms with Gasteiger partial charge in [-0.15, -0.1) is 0 Å². The van der Waals surface area contributed by atoms with Crippen molar-refractivity contribution in [3.8, 4) is 5.69 Å². The molecule has 126 valence electrons. The molecule has 0 aliphatic carbocycles. The average Bonchev–Trinajstić information content (AvgIpc) is 3.01. The predicted molar refractivity (Wildman–Crippen MR) is 89.3 cm³/mol. The molecule has 0 bridgehead atoms. The minimum absolute atomic E-state index is 0.240. The van der Waals surface area contributed by atoms with Crippen LogP contribution in [0.25, 0.3) is 5.69 Å². The first-order valence-electron chi connectivity index (χ1n) is 7.95. The number of aryl methyl sites for hydroxylation is 1. The van der Waals surface area contributed by atoms with E-state index in [0.717, 1.165) is 11.4 Å². The number of nitrogens with zero attached hydrogens (tertiary/aromatic N) is 3. The van der Waals surface area contributed by atoms with Gasteiger partial charge in [-0.05, 0) is 38.0 Å². The van der Waals surface area contributed by atoms with Crippen LogP contribution in [0.1, 0.15) is 18.5 Å². The summed E-state index contributed by atoms with van der Waals surface area (Å²) < 4.78 is 1.71. The number of likely N-dealkylation sites (tertiary alicyclic amines) is 1. The Balaban J connectivity index is 1.76. The summed E-state index contributed by atoms with van der Waals surface area (Å²) in [5, 5.41) is 16.4. The van der Waals surface area contributed by atoms with Crippen molar-refractivity contribution in [1.82, 2.24) is 14.7 Å². The van der Waals surface area contributed by atoms with Crippen LogP contribution >= 0.6 is 0 Å². The summed E-state index contributed by atoms with van der Waals surface area (Å²) in [6, 6.07) is 9.01. The number of carboxylic acid groups (broad SMARTS) is 1. The van der Waals surface area contributed by atoms with Crippen LogP contribution in [0.3, 0.4) is 0 Å². The number of amides is 2. The standard InChI is InChI=1S/C17H20N4O3/c1-12-8-10-21(19-12)15-7-3-2-6-14(15)18-17(24)20-9-4-5-13(11-20)16(22)23/h2-3,6-8,10,13H,4-5,9,11H2,1H3,(H,18,24)(H,22,23). The van der Waals surface area contributed by atoms with E-state index in [0.29, 0.717) is 25.1 Å². The second kappa shape index (κ2) is 6.74. The molecule has 0 spiro atoms. The van der Waals surface area contributed by atoms with Gasteiger partial charge in [-0.3, -0.25) is 4.79 Å². The number of carbonyl (C=O) groups excluding carboxylic acids is 1. The summed E-state index contributed by atoms with van der Waals surface area (Å²) in [6.07, 6.45) is 3.15. The van der Waals surface area contributed by atoms with Crippen molar-refractivity contribution in [3.05, 3.63) is 42.2 Å². The van der Waals surface area contributed by atoms with Gasteiger partial charge in [-0.2, -0.15) is 5.10 Å². The molecule has 24 heavy (non-hydrogen) atoms. The Kier molecular flexibility index (Phi) is 4.50.